The largest absolute Gasteiger partial charge is 0.524 e. The molecule has 28 heavy (non-hydrogen) atoms. The molecule has 0 aliphatic carbocycles. The molecule has 0 amide bonds. The topological polar surface area (TPSA) is 153 Å². The molecular weight excluding hydrogens is 385 g/mol. The summed E-state index contributed by atoms with van der Waals surface area (Å²) in [6.45, 7) is 0.998. The minimum atomic E-state index is -4.47. The van der Waals surface area contributed by atoms with Gasteiger partial charge in [0.1, 0.15) is 5.75 Å². The summed E-state index contributed by atoms with van der Waals surface area (Å²) in [6, 6.07) is 7.06. The molecule has 8 nitrogen and oxygen atoms in total. The zero-order chi connectivity index (χ0) is 21.5. The van der Waals surface area contributed by atoms with Gasteiger partial charge in [0, 0.05) is 0 Å². The van der Waals surface area contributed by atoms with Gasteiger partial charge in [0.2, 0.25) is 0 Å². The Morgan fingerprint density at radius 2 is 1.43 bits per heavy atom. The molecule has 7 N–H and O–H groups in total. The third kappa shape index (κ3) is 13.2. The minimum absolute atomic E-state index is 0.298. The van der Waals surface area contributed by atoms with E-state index < -0.39 is 33.2 Å². The van der Waals surface area contributed by atoms with Crippen molar-refractivity contribution in [2.45, 2.75) is 63.8 Å². The van der Waals surface area contributed by atoms with Crippen LogP contribution in [-0.4, -0.2) is 50.5 Å². The van der Waals surface area contributed by atoms with E-state index in [0.29, 0.717) is 5.75 Å². The number of para-hydroxylation sites is 1. The predicted octanol–water partition coefficient (Wildman–Crippen LogP) is 2.11. The summed E-state index contributed by atoms with van der Waals surface area (Å²) in [4.78, 5) is 17.8. The minimum Gasteiger partial charge on any atom is -0.404 e. The van der Waals surface area contributed by atoms with Crippen molar-refractivity contribution in [2.75, 3.05) is 19.8 Å². The molecule has 0 fully saturated rings. The van der Waals surface area contributed by atoms with Gasteiger partial charge in [-0.05, 0) is 24.5 Å². The van der Waals surface area contributed by atoms with Crippen molar-refractivity contribution in [3.8, 4) is 5.75 Å². The first-order valence-electron chi connectivity index (χ1n) is 9.66. The Morgan fingerprint density at radius 3 is 1.89 bits per heavy atom. The summed E-state index contributed by atoms with van der Waals surface area (Å²) in [5.74, 6) is 0.298. The lowest BCUT2D eigenvalue weighted by atomic mass is 10.0. The molecule has 0 radical (unpaired) electrons. The van der Waals surface area contributed by atoms with Gasteiger partial charge in [-0.1, -0.05) is 63.6 Å². The standard InChI is InChI=1S/C15H25O4P.C4H11NO3/c1-2-3-4-5-6-7-8-11-14-12-9-10-13-15(14)19-20(16,17)18;5-4(1-6,2-7)3-8/h9-10,12-13H,2-8,11H2,1H3,(H2,16,17,18);6-8H,1-3,5H2. The van der Waals surface area contributed by atoms with Crippen LogP contribution in [0, 0.1) is 0 Å². The van der Waals surface area contributed by atoms with Gasteiger partial charge in [0.05, 0.1) is 25.4 Å². The van der Waals surface area contributed by atoms with Crippen LogP contribution in [0.3, 0.4) is 0 Å². The summed E-state index contributed by atoms with van der Waals surface area (Å²) < 4.78 is 15.6. The van der Waals surface area contributed by atoms with Crippen molar-refractivity contribution in [3.05, 3.63) is 29.8 Å². The lowest BCUT2D eigenvalue weighted by Crippen LogP contribution is -2.50. The molecular formula is C19H36NO7P. The van der Waals surface area contributed by atoms with Crippen LogP contribution in [0.15, 0.2) is 24.3 Å². The number of aliphatic hydroxyl groups excluding tert-OH is 3. The lowest BCUT2D eigenvalue weighted by molar-refractivity contribution is 0.0697. The Kier molecular flexibility index (Phi) is 14.4. The van der Waals surface area contributed by atoms with Crippen molar-refractivity contribution in [3.63, 3.8) is 0 Å². The van der Waals surface area contributed by atoms with Gasteiger partial charge in [0.25, 0.3) is 0 Å². The molecule has 0 unspecified atom stereocenters. The number of benzene rings is 1. The van der Waals surface area contributed by atoms with Gasteiger partial charge in [-0.15, -0.1) is 0 Å². The van der Waals surface area contributed by atoms with Crippen LogP contribution in [0.1, 0.15) is 57.4 Å². The highest BCUT2D eigenvalue weighted by molar-refractivity contribution is 7.46. The monoisotopic (exact) mass is 421 g/mol. The summed E-state index contributed by atoms with van der Waals surface area (Å²) in [5, 5.41) is 25.0. The first-order valence-corrected chi connectivity index (χ1v) is 11.2. The molecule has 0 saturated heterocycles. The smallest absolute Gasteiger partial charge is 0.404 e. The molecule has 1 rings (SSSR count). The third-order valence-corrected chi connectivity index (χ3v) is 4.62. The Hall–Kier alpha value is -0.990. The van der Waals surface area contributed by atoms with Crippen molar-refractivity contribution in [1.29, 1.82) is 0 Å². The number of rotatable bonds is 13. The number of aliphatic hydroxyl groups is 3. The average molecular weight is 421 g/mol. The first-order chi connectivity index (χ1) is 13.2. The molecule has 0 saturated carbocycles. The van der Waals surface area contributed by atoms with E-state index in [9.17, 15) is 4.57 Å². The van der Waals surface area contributed by atoms with Gasteiger partial charge in [-0.25, -0.2) is 4.57 Å². The average Bonchev–Trinajstić information content (AvgIpc) is 2.67. The summed E-state index contributed by atoms with van der Waals surface area (Å²) in [5.41, 5.74) is 4.80. The van der Waals surface area contributed by atoms with E-state index in [0.717, 1.165) is 24.8 Å². The highest BCUT2D eigenvalue weighted by atomic mass is 31.2. The van der Waals surface area contributed by atoms with Crippen LogP contribution in [0.5, 0.6) is 5.75 Å². The third-order valence-electron chi connectivity index (χ3n) is 4.18. The van der Waals surface area contributed by atoms with E-state index in [-0.39, 0.29) is 0 Å². The molecule has 9 heteroatoms. The van der Waals surface area contributed by atoms with E-state index >= 15 is 0 Å². The second-order valence-corrected chi connectivity index (χ2v) is 8.06. The maximum atomic E-state index is 10.9. The number of aryl methyl sites for hydroxylation is 1. The normalized spacial score (nSPS) is 11.7. The molecule has 164 valence electrons. The molecule has 0 atom stereocenters. The Morgan fingerprint density at radius 1 is 0.929 bits per heavy atom. The Labute approximate surface area is 167 Å². The molecule has 0 aromatic heterocycles. The highest BCUT2D eigenvalue weighted by Gasteiger charge is 2.20. The lowest BCUT2D eigenvalue weighted by Gasteiger charge is -2.20. The second kappa shape index (κ2) is 14.9. The van der Waals surface area contributed by atoms with E-state index in [4.69, 9.17) is 35.4 Å². The number of phosphoric ester groups is 1. The van der Waals surface area contributed by atoms with Gasteiger partial charge in [-0.3, -0.25) is 9.79 Å². The molecule has 0 heterocycles. The number of hydrogen-bond donors (Lipinski definition) is 6. The molecule has 0 spiro atoms. The quantitative estimate of drug-likeness (QED) is 0.209. The van der Waals surface area contributed by atoms with Crippen molar-refractivity contribution < 1.29 is 34.2 Å². The van der Waals surface area contributed by atoms with Crippen LogP contribution < -0.4 is 10.3 Å². The van der Waals surface area contributed by atoms with E-state index in [2.05, 4.69) is 6.92 Å². The SMILES string of the molecule is CCCCCCCCCc1ccccc1OP(=O)(O)O.NC(CO)(CO)CO. The number of unbranched alkanes of at least 4 members (excludes halogenated alkanes) is 6. The highest BCUT2D eigenvalue weighted by Crippen LogP contribution is 2.39. The number of hydrogen-bond acceptors (Lipinski definition) is 6. The molecule has 0 aliphatic heterocycles. The maximum Gasteiger partial charge on any atom is 0.524 e. The fourth-order valence-electron chi connectivity index (χ4n) is 2.35. The Bertz CT molecular complexity index is 553. The fourth-order valence-corrected chi connectivity index (χ4v) is 2.78. The van der Waals surface area contributed by atoms with Gasteiger partial charge in [-0.2, -0.15) is 0 Å². The zero-order valence-corrected chi connectivity index (χ0v) is 17.6. The van der Waals surface area contributed by atoms with Crippen molar-refractivity contribution in [1.82, 2.24) is 0 Å². The van der Waals surface area contributed by atoms with E-state index in [1.807, 2.05) is 12.1 Å². The second-order valence-electron chi connectivity index (χ2n) is 6.90. The van der Waals surface area contributed by atoms with Crippen LogP contribution in [0.4, 0.5) is 0 Å². The summed E-state index contributed by atoms with van der Waals surface area (Å²) in [6.07, 6.45) is 9.32. The molecule has 1 aromatic carbocycles. The molecule has 1 aromatic rings. The van der Waals surface area contributed by atoms with Gasteiger partial charge >= 0.3 is 7.82 Å². The molecule has 0 bridgehead atoms. The van der Waals surface area contributed by atoms with Crippen molar-refractivity contribution in [2.24, 2.45) is 5.73 Å². The van der Waals surface area contributed by atoms with Crippen molar-refractivity contribution >= 4 is 7.82 Å². The van der Waals surface area contributed by atoms with Crippen LogP contribution in [0.25, 0.3) is 0 Å². The van der Waals surface area contributed by atoms with Gasteiger partial charge < -0.3 is 25.6 Å². The predicted molar refractivity (Wildman–Crippen MR) is 109 cm³/mol. The van der Waals surface area contributed by atoms with E-state index in [1.54, 1.807) is 12.1 Å². The zero-order valence-electron chi connectivity index (χ0n) is 16.7. The van der Waals surface area contributed by atoms with Crippen LogP contribution >= 0.6 is 7.82 Å². The summed E-state index contributed by atoms with van der Waals surface area (Å²) in [7, 11) is -4.47. The first kappa shape index (κ1) is 27.0. The van der Waals surface area contributed by atoms with Crippen LogP contribution in [0.2, 0.25) is 0 Å². The number of phosphoric acid groups is 1. The van der Waals surface area contributed by atoms with Crippen LogP contribution in [-0.2, 0) is 11.0 Å². The fraction of sp³-hybridized carbons (Fsp3) is 0.684. The summed E-state index contributed by atoms with van der Waals surface area (Å²) >= 11 is 0. The maximum absolute atomic E-state index is 10.9. The van der Waals surface area contributed by atoms with Gasteiger partial charge in [0.15, 0.2) is 0 Å². The van der Waals surface area contributed by atoms with E-state index in [1.165, 1.54) is 32.1 Å². The Balaban J connectivity index is 0.000000769. The number of nitrogens with two attached hydrogens (primary N) is 1. The molecule has 0 aliphatic rings.